The van der Waals surface area contributed by atoms with E-state index in [1.165, 1.54) is 11.3 Å². The first kappa shape index (κ1) is 14.6. The molecule has 0 fully saturated rings. The number of anilines is 1. The lowest BCUT2D eigenvalue weighted by Crippen LogP contribution is -2.26. The van der Waals surface area contributed by atoms with E-state index in [1.807, 2.05) is 64.5 Å². The van der Waals surface area contributed by atoms with Crippen LogP contribution in [-0.4, -0.2) is 20.4 Å². The van der Waals surface area contributed by atoms with Crippen molar-refractivity contribution >= 4 is 33.4 Å². The summed E-state index contributed by atoms with van der Waals surface area (Å²) in [6.07, 6.45) is 3.38. The van der Waals surface area contributed by atoms with Crippen LogP contribution < -0.4 is 5.32 Å². The molecule has 4 rings (SSSR count). The summed E-state index contributed by atoms with van der Waals surface area (Å²) in [7, 11) is 0. The Kier molecular flexibility index (Phi) is 3.80. The van der Waals surface area contributed by atoms with Gasteiger partial charge in [0.05, 0.1) is 17.4 Å². The molecule has 5 nitrogen and oxygen atoms in total. The van der Waals surface area contributed by atoms with Crippen LogP contribution in [0.15, 0.2) is 72.5 Å². The van der Waals surface area contributed by atoms with Crippen LogP contribution in [0.2, 0.25) is 0 Å². The summed E-state index contributed by atoms with van der Waals surface area (Å²) in [4.78, 5) is 21.5. The van der Waals surface area contributed by atoms with Gasteiger partial charge in [-0.1, -0.05) is 42.5 Å². The normalized spacial score (nSPS) is 12.2. The first-order chi connectivity index (χ1) is 11.8. The molecule has 118 valence electrons. The highest BCUT2D eigenvalue weighted by molar-refractivity contribution is 7.13. The van der Waals surface area contributed by atoms with Crippen molar-refractivity contribution in [2.75, 3.05) is 5.32 Å². The predicted octanol–water partition coefficient (Wildman–Crippen LogP) is 3.72. The number of thiazole rings is 1. The highest BCUT2D eigenvalue weighted by Crippen LogP contribution is 2.25. The van der Waals surface area contributed by atoms with E-state index in [1.54, 1.807) is 12.5 Å². The molecule has 1 N–H and O–H groups in total. The zero-order chi connectivity index (χ0) is 16.4. The van der Waals surface area contributed by atoms with Gasteiger partial charge in [0.25, 0.3) is 5.91 Å². The first-order valence-corrected chi connectivity index (χ1v) is 8.38. The number of benzene rings is 2. The molecule has 0 spiro atoms. The van der Waals surface area contributed by atoms with Gasteiger partial charge in [-0.05, 0) is 17.7 Å². The van der Waals surface area contributed by atoms with E-state index in [9.17, 15) is 4.79 Å². The number of carbonyl (C=O) groups excluding carboxylic acids is 1. The molecule has 0 bridgehead atoms. The van der Waals surface area contributed by atoms with E-state index in [4.69, 9.17) is 0 Å². The fraction of sp³-hybridized carbons (Fsp3) is 0.0556. The van der Waals surface area contributed by atoms with Gasteiger partial charge in [-0.2, -0.15) is 0 Å². The van der Waals surface area contributed by atoms with Crippen LogP contribution in [0.4, 0.5) is 5.13 Å². The fourth-order valence-corrected chi connectivity index (χ4v) is 3.25. The quantitative estimate of drug-likeness (QED) is 0.619. The minimum absolute atomic E-state index is 0.140. The van der Waals surface area contributed by atoms with Crippen LogP contribution in [0.5, 0.6) is 0 Å². The Morgan fingerprint density at radius 1 is 1.04 bits per heavy atom. The Hall–Kier alpha value is -2.99. The molecule has 0 radical (unpaired) electrons. The molecule has 1 amide bonds. The summed E-state index contributed by atoms with van der Waals surface area (Å²) in [6, 6.07) is 17.0. The molecule has 0 aliphatic carbocycles. The van der Waals surface area contributed by atoms with E-state index >= 15 is 0 Å². The zero-order valence-corrected chi connectivity index (χ0v) is 13.5. The number of nitrogens with one attached hydrogen (secondary N) is 1. The second-order valence-corrected chi connectivity index (χ2v) is 6.17. The number of hydrogen-bond acceptors (Lipinski definition) is 4. The number of para-hydroxylation sites is 2. The predicted molar refractivity (Wildman–Crippen MR) is 95.1 cm³/mol. The maximum absolute atomic E-state index is 13.0. The van der Waals surface area contributed by atoms with E-state index in [2.05, 4.69) is 15.3 Å². The smallest absolute Gasteiger partial charge is 0.253 e. The number of imidazole rings is 1. The number of fused-ring (bicyclic) bond motifs is 1. The van der Waals surface area contributed by atoms with Crippen LogP contribution in [0.25, 0.3) is 11.0 Å². The topological polar surface area (TPSA) is 59.8 Å². The molecule has 24 heavy (non-hydrogen) atoms. The second-order valence-electron chi connectivity index (χ2n) is 5.28. The summed E-state index contributed by atoms with van der Waals surface area (Å²) in [5.41, 5.74) is 2.68. The second kappa shape index (κ2) is 6.25. The van der Waals surface area contributed by atoms with E-state index in [0.29, 0.717) is 5.13 Å². The van der Waals surface area contributed by atoms with Gasteiger partial charge in [-0.15, -0.1) is 11.3 Å². The molecule has 1 atom stereocenters. The lowest BCUT2D eigenvalue weighted by atomic mass is 10.1. The third kappa shape index (κ3) is 2.68. The first-order valence-electron chi connectivity index (χ1n) is 7.50. The zero-order valence-electron chi connectivity index (χ0n) is 12.7. The van der Waals surface area contributed by atoms with Gasteiger partial charge < -0.3 is 4.57 Å². The molecule has 2 heterocycles. The van der Waals surface area contributed by atoms with Gasteiger partial charge in [0.2, 0.25) is 0 Å². The van der Waals surface area contributed by atoms with E-state index in [0.717, 1.165) is 16.6 Å². The number of carbonyl (C=O) groups is 1. The third-order valence-corrected chi connectivity index (χ3v) is 4.47. The Morgan fingerprint density at radius 3 is 2.62 bits per heavy atom. The van der Waals surface area contributed by atoms with E-state index in [-0.39, 0.29) is 5.91 Å². The van der Waals surface area contributed by atoms with Crippen molar-refractivity contribution in [1.29, 1.82) is 0 Å². The minimum atomic E-state index is -0.512. The minimum Gasteiger partial charge on any atom is -0.314 e. The number of aromatic nitrogens is 3. The van der Waals surface area contributed by atoms with Crippen molar-refractivity contribution in [2.45, 2.75) is 6.04 Å². The van der Waals surface area contributed by atoms with Crippen LogP contribution in [0.1, 0.15) is 11.6 Å². The molecule has 0 aliphatic heterocycles. The lowest BCUT2D eigenvalue weighted by molar-refractivity contribution is -0.118. The summed E-state index contributed by atoms with van der Waals surface area (Å²) >= 11 is 1.40. The molecule has 2 aromatic heterocycles. The SMILES string of the molecule is O=C(Nc1nccs1)[C@H](c1ccccc1)n1cnc2ccccc21. The van der Waals surface area contributed by atoms with Crippen molar-refractivity contribution in [2.24, 2.45) is 0 Å². The van der Waals surface area contributed by atoms with Crippen molar-refractivity contribution in [3.05, 3.63) is 78.1 Å². The standard InChI is InChI=1S/C18H14N4OS/c23-17(21-18-19-10-11-24-18)16(13-6-2-1-3-7-13)22-12-20-14-8-4-5-9-15(14)22/h1-12,16H,(H,19,21,23)/t16-/m0/s1. The van der Waals surface area contributed by atoms with Gasteiger partial charge in [-0.25, -0.2) is 9.97 Å². The Bertz CT molecular complexity index is 963. The molecule has 4 aromatic rings. The monoisotopic (exact) mass is 334 g/mol. The van der Waals surface area contributed by atoms with Gasteiger partial charge in [0.15, 0.2) is 5.13 Å². The Labute approximate surface area is 142 Å². The molecule has 2 aromatic carbocycles. The number of hydrogen-bond donors (Lipinski definition) is 1. The Morgan fingerprint density at radius 2 is 1.83 bits per heavy atom. The molecule has 0 saturated carbocycles. The van der Waals surface area contributed by atoms with Crippen molar-refractivity contribution < 1.29 is 4.79 Å². The number of amides is 1. The average Bonchev–Trinajstić information content (AvgIpc) is 3.27. The summed E-state index contributed by atoms with van der Waals surface area (Å²) in [5, 5.41) is 5.31. The highest BCUT2D eigenvalue weighted by Gasteiger charge is 2.24. The summed E-state index contributed by atoms with van der Waals surface area (Å²) in [6.45, 7) is 0. The summed E-state index contributed by atoms with van der Waals surface area (Å²) < 4.78 is 1.90. The number of rotatable bonds is 4. The van der Waals surface area contributed by atoms with Gasteiger partial charge in [-0.3, -0.25) is 10.1 Å². The van der Waals surface area contributed by atoms with Crippen molar-refractivity contribution in [1.82, 2.24) is 14.5 Å². The molecular weight excluding hydrogens is 320 g/mol. The van der Waals surface area contributed by atoms with Crippen molar-refractivity contribution in [3.63, 3.8) is 0 Å². The molecule has 6 heteroatoms. The van der Waals surface area contributed by atoms with Crippen LogP contribution in [0, 0.1) is 0 Å². The Balaban J connectivity index is 1.80. The maximum Gasteiger partial charge on any atom is 0.253 e. The van der Waals surface area contributed by atoms with E-state index < -0.39 is 6.04 Å². The molecular formula is C18H14N4OS. The van der Waals surface area contributed by atoms with Crippen LogP contribution >= 0.6 is 11.3 Å². The van der Waals surface area contributed by atoms with Gasteiger partial charge >= 0.3 is 0 Å². The molecule has 0 aliphatic rings. The fourth-order valence-electron chi connectivity index (χ4n) is 2.72. The van der Waals surface area contributed by atoms with Gasteiger partial charge in [0, 0.05) is 11.6 Å². The number of nitrogens with zero attached hydrogens (tertiary/aromatic N) is 3. The van der Waals surface area contributed by atoms with Crippen molar-refractivity contribution in [3.8, 4) is 0 Å². The third-order valence-electron chi connectivity index (χ3n) is 3.79. The highest BCUT2D eigenvalue weighted by atomic mass is 32.1. The maximum atomic E-state index is 13.0. The molecule has 0 unspecified atom stereocenters. The lowest BCUT2D eigenvalue weighted by Gasteiger charge is -2.19. The average molecular weight is 334 g/mol. The van der Waals surface area contributed by atoms with Crippen LogP contribution in [0.3, 0.4) is 0 Å². The largest absolute Gasteiger partial charge is 0.314 e. The van der Waals surface area contributed by atoms with Gasteiger partial charge in [0.1, 0.15) is 6.04 Å². The van der Waals surface area contributed by atoms with Crippen LogP contribution in [-0.2, 0) is 4.79 Å². The summed E-state index contributed by atoms with van der Waals surface area (Å²) in [5.74, 6) is -0.140. The molecule has 0 saturated heterocycles.